The van der Waals surface area contributed by atoms with Crippen molar-refractivity contribution in [3.8, 4) is 0 Å². The molecule has 1 aromatic rings. The number of aryl methyl sites for hydroxylation is 2. The Hall–Kier alpha value is -1.63. The van der Waals surface area contributed by atoms with E-state index in [1.807, 2.05) is 6.92 Å². The van der Waals surface area contributed by atoms with Crippen LogP contribution in [-0.4, -0.2) is 33.8 Å². The normalized spacial score (nSPS) is 20.2. The second-order valence-electron chi connectivity index (χ2n) is 5.80. The Bertz CT molecular complexity index is 494. The molecule has 0 spiro atoms. The smallest absolute Gasteiger partial charge is 0.333 e. The molecule has 7 nitrogen and oxygen atoms in total. The molecule has 0 bridgehead atoms. The molecular formula is C14H25N5O2. The Labute approximate surface area is 125 Å². The van der Waals surface area contributed by atoms with Gasteiger partial charge in [0.05, 0.1) is 4.92 Å². The molecule has 2 N–H and O–H groups in total. The predicted octanol–water partition coefficient (Wildman–Crippen LogP) is 2.31. The third-order valence-electron chi connectivity index (χ3n) is 4.12. The van der Waals surface area contributed by atoms with E-state index in [0.717, 1.165) is 32.4 Å². The van der Waals surface area contributed by atoms with Crippen molar-refractivity contribution in [1.29, 1.82) is 0 Å². The first-order chi connectivity index (χ1) is 10.0. The first-order valence-electron chi connectivity index (χ1n) is 7.73. The zero-order chi connectivity index (χ0) is 15.4. The summed E-state index contributed by atoms with van der Waals surface area (Å²) in [7, 11) is 0. The minimum atomic E-state index is -0.331. The van der Waals surface area contributed by atoms with Gasteiger partial charge in [-0.2, -0.15) is 5.10 Å². The van der Waals surface area contributed by atoms with Crippen LogP contribution in [0.1, 0.15) is 38.8 Å². The minimum absolute atomic E-state index is 0.110. The van der Waals surface area contributed by atoms with Crippen LogP contribution in [-0.2, 0) is 6.54 Å². The highest BCUT2D eigenvalue weighted by Gasteiger charge is 2.28. The highest BCUT2D eigenvalue weighted by atomic mass is 16.6. The summed E-state index contributed by atoms with van der Waals surface area (Å²) in [6, 6.07) is 0.184. The van der Waals surface area contributed by atoms with Crippen molar-refractivity contribution in [3.05, 3.63) is 15.8 Å². The SMILES string of the molecule is CCCn1nc(C)c([N+](=O)[O-])c1NC(C)C1CCCNC1. The Morgan fingerprint density at radius 1 is 1.62 bits per heavy atom. The maximum atomic E-state index is 11.3. The molecule has 2 unspecified atom stereocenters. The lowest BCUT2D eigenvalue weighted by molar-refractivity contribution is -0.384. The fraction of sp³-hybridized carbons (Fsp3) is 0.786. The Kier molecular flexibility index (Phi) is 5.17. The lowest BCUT2D eigenvalue weighted by atomic mass is 9.93. The molecule has 0 aliphatic carbocycles. The van der Waals surface area contributed by atoms with Crippen LogP contribution in [0.2, 0.25) is 0 Å². The monoisotopic (exact) mass is 295 g/mol. The van der Waals surface area contributed by atoms with Crippen LogP contribution >= 0.6 is 0 Å². The highest BCUT2D eigenvalue weighted by Crippen LogP contribution is 2.30. The summed E-state index contributed by atoms with van der Waals surface area (Å²) in [5, 5.41) is 22.4. The van der Waals surface area contributed by atoms with E-state index in [4.69, 9.17) is 0 Å². The predicted molar refractivity (Wildman–Crippen MR) is 82.6 cm³/mol. The largest absolute Gasteiger partial charge is 0.362 e. The Morgan fingerprint density at radius 2 is 2.38 bits per heavy atom. The number of piperidine rings is 1. The van der Waals surface area contributed by atoms with E-state index in [0.29, 0.717) is 24.0 Å². The number of nitrogens with zero attached hydrogens (tertiary/aromatic N) is 3. The van der Waals surface area contributed by atoms with Crippen LogP contribution in [0.5, 0.6) is 0 Å². The second kappa shape index (κ2) is 6.89. The Morgan fingerprint density at radius 3 is 2.95 bits per heavy atom. The zero-order valence-electron chi connectivity index (χ0n) is 13.1. The fourth-order valence-corrected chi connectivity index (χ4v) is 2.95. The molecule has 1 aromatic heterocycles. The van der Waals surface area contributed by atoms with Crippen molar-refractivity contribution in [2.24, 2.45) is 5.92 Å². The maximum Gasteiger partial charge on any atom is 0.333 e. The summed E-state index contributed by atoms with van der Waals surface area (Å²) >= 11 is 0. The molecule has 0 aromatic carbocycles. The van der Waals surface area contributed by atoms with Crippen molar-refractivity contribution in [1.82, 2.24) is 15.1 Å². The molecule has 7 heteroatoms. The van der Waals surface area contributed by atoms with Crippen molar-refractivity contribution >= 4 is 11.5 Å². The summed E-state index contributed by atoms with van der Waals surface area (Å²) in [4.78, 5) is 11.0. The van der Waals surface area contributed by atoms with Gasteiger partial charge >= 0.3 is 5.69 Å². The third kappa shape index (κ3) is 3.53. The average Bonchev–Trinajstić information content (AvgIpc) is 2.76. The summed E-state index contributed by atoms with van der Waals surface area (Å²) in [6.45, 7) is 8.55. The second-order valence-corrected chi connectivity index (χ2v) is 5.80. The number of hydrogen-bond acceptors (Lipinski definition) is 5. The van der Waals surface area contributed by atoms with E-state index in [1.54, 1.807) is 11.6 Å². The number of aromatic nitrogens is 2. The molecule has 1 aliphatic heterocycles. The minimum Gasteiger partial charge on any atom is -0.362 e. The van der Waals surface area contributed by atoms with Gasteiger partial charge in [-0.3, -0.25) is 10.1 Å². The lowest BCUT2D eigenvalue weighted by Gasteiger charge is -2.29. The fourth-order valence-electron chi connectivity index (χ4n) is 2.95. The van der Waals surface area contributed by atoms with Crippen LogP contribution in [0.25, 0.3) is 0 Å². The molecule has 21 heavy (non-hydrogen) atoms. The van der Waals surface area contributed by atoms with Gasteiger partial charge in [-0.15, -0.1) is 0 Å². The van der Waals surface area contributed by atoms with E-state index in [9.17, 15) is 10.1 Å². The number of hydrogen-bond donors (Lipinski definition) is 2. The first-order valence-corrected chi connectivity index (χ1v) is 7.73. The zero-order valence-corrected chi connectivity index (χ0v) is 13.1. The van der Waals surface area contributed by atoms with Crippen LogP contribution in [0, 0.1) is 23.0 Å². The average molecular weight is 295 g/mol. The summed E-state index contributed by atoms with van der Waals surface area (Å²) in [5.41, 5.74) is 0.587. The topological polar surface area (TPSA) is 85.0 Å². The van der Waals surface area contributed by atoms with Gasteiger partial charge in [-0.25, -0.2) is 4.68 Å². The van der Waals surface area contributed by atoms with Gasteiger partial charge in [0.1, 0.15) is 5.69 Å². The summed E-state index contributed by atoms with van der Waals surface area (Å²) < 4.78 is 1.74. The molecule has 1 fully saturated rings. The van der Waals surface area contributed by atoms with Crippen molar-refractivity contribution in [2.75, 3.05) is 18.4 Å². The Balaban J connectivity index is 2.21. The number of nitrogens with one attached hydrogen (secondary N) is 2. The van der Waals surface area contributed by atoms with E-state index < -0.39 is 0 Å². The number of nitro groups is 1. The van der Waals surface area contributed by atoms with Crippen LogP contribution in [0.15, 0.2) is 0 Å². The highest BCUT2D eigenvalue weighted by molar-refractivity contribution is 5.60. The van der Waals surface area contributed by atoms with Gasteiger partial charge in [0.15, 0.2) is 0 Å². The number of anilines is 1. The standard InChI is InChI=1S/C14H25N5O2/c1-4-8-18-14(13(19(20)21)11(3)17-18)16-10(2)12-6-5-7-15-9-12/h10,12,15-16H,4-9H2,1-3H3. The molecule has 2 atom stereocenters. The van der Waals surface area contributed by atoms with Crippen LogP contribution in [0.4, 0.5) is 11.5 Å². The van der Waals surface area contributed by atoms with Gasteiger partial charge < -0.3 is 10.6 Å². The maximum absolute atomic E-state index is 11.3. The van der Waals surface area contributed by atoms with Gasteiger partial charge in [-0.05, 0) is 52.1 Å². The van der Waals surface area contributed by atoms with E-state index >= 15 is 0 Å². The van der Waals surface area contributed by atoms with Gasteiger partial charge in [-0.1, -0.05) is 6.92 Å². The molecule has 0 radical (unpaired) electrons. The molecular weight excluding hydrogens is 270 g/mol. The summed E-state index contributed by atoms with van der Waals surface area (Å²) in [6.07, 6.45) is 3.20. The molecule has 2 heterocycles. The molecule has 0 saturated carbocycles. The molecule has 118 valence electrons. The van der Waals surface area contributed by atoms with E-state index in [-0.39, 0.29) is 16.7 Å². The van der Waals surface area contributed by atoms with Crippen molar-refractivity contribution in [2.45, 2.75) is 52.6 Å². The van der Waals surface area contributed by atoms with Crippen LogP contribution in [0.3, 0.4) is 0 Å². The van der Waals surface area contributed by atoms with Gasteiger partial charge in [0.25, 0.3) is 0 Å². The van der Waals surface area contributed by atoms with E-state index in [1.165, 1.54) is 0 Å². The number of rotatable bonds is 6. The van der Waals surface area contributed by atoms with Crippen molar-refractivity contribution in [3.63, 3.8) is 0 Å². The van der Waals surface area contributed by atoms with Crippen molar-refractivity contribution < 1.29 is 4.92 Å². The van der Waals surface area contributed by atoms with E-state index in [2.05, 4.69) is 22.7 Å². The molecule has 1 saturated heterocycles. The first kappa shape index (κ1) is 15.8. The summed E-state index contributed by atoms with van der Waals surface area (Å²) in [5.74, 6) is 1.04. The molecule has 1 aliphatic rings. The lowest BCUT2D eigenvalue weighted by Crippen LogP contribution is -2.39. The van der Waals surface area contributed by atoms with Gasteiger partial charge in [0, 0.05) is 12.6 Å². The molecule has 2 rings (SSSR count). The molecule has 0 amide bonds. The van der Waals surface area contributed by atoms with Crippen LogP contribution < -0.4 is 10.6 Å². The van der Waals surface area contributed by atoms with Gasteiger partial charge in [0.2, 0.25) is 5.82 Å². The quantitative estimate of drug-likeness (QED) is 0.621. The third-order valence-corrected chi connectivity index (χ3v) is 4.12.